The lowest BCUT2D eigenvalue weighted by atomic mass is 10.2. The van der Waals surface area contributed by atoms with Crippen LogP contribution in [0, 0.1) is 0 Å². The van der Waals surface area contributed by atoms with Crippen molar-refractivity contribution in [1.82, 2.24) is 14.9 Å². The minimum atomic E-state index is -3.49. The number of aromatic amines is 1. The van der Waals surface area contributed by atoms with E-state index in [0.717, 1.165) is 29.8 Å². The van der Waals surface area contributed by atoms with Crippen LogP contribution < -0.4 is 10.0 Å². The molecule has 0 radical (unpaired) electrons. The zero-order valence-electron chi connectivity index (χ0n) is 10.2. The highest BCUT2D eigenvalue weighted by Gasteiger charge is 2.18. The Labute approximate surface area is 111 Å². The maximum absolute atomic E-state index is 12.2. The molecule has 0 amide bonds. The average Bonchev–Trinajstić information content (AvgIpc) is 3.06. The van der Waals surface area contributed by atoms with Gasteiger partial charge in [0.25, 0.3) is 0 Å². The maximum atomic E-state index is 12.2. The van der Waals surface area contributed by atoms with Crippen molar-refractivity contribution in [2.45, 2.75) is 17.9 Å². The molecule has 1 aliphatic heterocycles. The fourth-order valence-corrected chi connectivity index (χ4v) is 3.12. The van der Waals surface area contributed by atoms with Crippen LogP contribution in [-0.2, 0) is 23.0 Å². The van der Waals surface area contributed by atoms with E-state index in [1.54, 1.807) is 24.5 Å². The number of sulfonamides is 1. The summed E-state index contributed by atoms with van der Waals surface area (Å²) in [7, 11) is -3.49. The largest absolute Gasteiger partial charge is 0.384 e. The van der Waals surface area contributed by atoms with E-state index in [2.05, 4.69) is 20.2 Å². The lowest BCUT2D eigenvalue weighted by molar-refractivity contribution is 0.581. The molecule has 100 valence electrons. The van der Waals surface area contributed by atoms with Crippen molar-refractivity contribution in [3.05, 3.63) is 41.7 Å². The third-order valence-electron chi connectivity index (χ3n) is 3.12. The lowest BCUT2D eigenvalue weighted by Gasteiger charge is -2.07. The second kappa shape index (κ2) is 4.67. The summed E-state index contributed by atoms with van der Waals surface area (Å²) >= 11 is 0. The minimum absolute atomic E-state index is 0.226. The summed E-state index contributed by atoms with van der Waals surface area (Å²) in [6, 6.07) is 5.19. The Morgan fingerprint density at radius 1 is 1.37 bits per heavy atom. The Hall–Kier alpha value is -1.86. The van der Waals surface area contributed by atoms with Gasteiger partial charge in [0.1, 0.15) is 0 Å². The highest BCUT2D eigenvalue weighted by atomic mass is 32.2. The van der Waals surface area contributed by atoms with Gasteiger partial charge in [0.05, 0.1) is 11.1 Å². The first kappa shape index (κ1) is 12.2. The SMILES string of the molecule is O=S(=O)(NCc1cn[nH]c1)c1ccc2c(c1)NCC2. The van der Waals surface area contributed by atoms with E-state index in [0.29, 0.717) is 0 Å². The highest BCUT2D eigenvalue weighted by Crippen LogP contribution is 2.25. The Morgan fingerprint density at radius 3 is 3.05 bits per heavy atom. The van der Waals surface area contributed by atoms with Gasteiger partial charge < -0.3 is 5.32 Å². The standard InChI is InChI=1S/C12H14N4O2S/c17-19(18,16-8-9-6-14-15-7-9)11-2-1-10-3-4-13-12(10)5-11/h1-2,5-7,13,16H,3-4,8H2,(H,14,15). The summed E-state index contributed by atoms with van der Waals surface area (Å²) < 4.78 is 26.9. The predicted octanol–water partition coefficient (Wildman–Crippen LogP) is 0.856. The first-order valence-electron chi connectivity index (χ1n) is 5.99. The highest BCUT2D eigenvalue weighted by molar-refractivity contribution is 7.89. The molecule has 1 aromatic carbocycles. The van der Waals surface area contributed by atoms with Gasteiger partial charge in [-0.25, -0.2) is 13.1 Å². The number of anilines is 1. The Kier molecular flexibility index (Phi) is 3.00. The maximum Gasteiger partial charge on any atom is 0.240 e. The van der Waals surface area contributed by atoms with Gasteiger partial charge >= 0.3 is 0 Å². The molecule has 0 unspecified atom stereocenters. The number of rotatable bonds is 4. The molecule has 3 N–H and O–H groups in total. The van der Waals surface area contributed by atoms with Crippen molar-refractivity contribution >= 4 is 15.7 Å². The van der Waals surface area contributed by atoms with Gasteiger partial charge in [-0.3, -0.25) is 5.10 Å². The van der Waals surface area contributed by atoms with Crippen LogP contribution in [-0.4, -0.2) is 25.2 Å². The van der Waals surface area contributed by atoms with Crippen molar-refractivity contribution in [3.63, 3.8) is 0 Å². The number of hydrogen-bond donors (Lipinski definition) is 3. The van der Waals surface area contributed by atoms with E-state index >= 15 is 0 Å². The van der Waals surface area contributed by atoms with E-state index in [-0.39, 0.29) is 11.4 Å². The third-order valence-corrected chi connectivity index (χ3v) is 4.52. The molecule has 0 saturated carbocycles. The quantitative estimate of drug-likeness (QED) is 0.774. The molecule has 0 saturated heterocycles. The molecule has 7 heteroatoms. The van der Waals surface area contributed by atoms with Gasteiger partial charge in [-0.15, -0.1) is 0 Å². The average molecular weight is 278 g/mol. The Bertz CT molecular complexity index is 680. The molecule has 0 aliphatic carbocycles. The van der Waals surface area contributed by atoms with Crippen LogP contribution in [0.3, 0.4) is 0 Å². The zero-order valence-corrected chi connectivity index (χ0v) is 11.0. The first-order valence-corrected chi connectivity index (χ1v) is 7.47. The fourth-order valence-electron chi connectivity index (χ4n) is 2.07. The van der Waals surface area contributed by atoms with Gasteiger partial charge in [-0.05, 0) is 24.1 Å². The summed E-state index contributed by atoms with van der Waals surface area (Å²) in [5.74, 6) is 0. The van der Waals surface area contributed by atoms with Crippen LogP contribution in [0.1, 0.15) is 11.1 Å². The summed E-state index contributed by atoms with van der Waals surface area (Å²) in [6.07, 6.45) is 4.19. The summed E-state index contributed by atoms with van der Waals surface area (Å²) in [5, 5.41) is 9.59. The monoisotopic (exact) mass is 278 g/mol. The fraction of sp³-hybridized carbons (Fsp3) is 0.250. The molecule has 0 atom stereocenters. The number of hydrogen-bond acceptors (Lipinski definition) is 4. The molecule has 19 heavy (non-hydrogen) atoms. The predicted molar refractivity (Wildman–Crippen MR) is 71.2 cm³/mol. The van der Waals surface area contributed by atoms with Gasteiger partial charge in [-0.1, -0.05) is 6.07 Å². The second-order valence-electron chi connectivity index (χ2n) is 4.43. The van der Waals surface area contributed by atoms with Crippen LogP contribution in [0.5, 0.6) is 0 Å². The van der Waals surface area contributed by atoms with Crippen LogP contribution in [0.25, 0.3) is 0 Å². The molecule has 0 spiro atoms. The molecule has 1 aliphatic rings. The van der Waals surface area contributed by atoms with Crippen molar-refractivity contribution in [2.24, 2.45) is 0 Å². The normalized spacial score (nSPS) is 14.1. The molecule has 0 fully saturated rings. The first-order chi connectivity index (χ1) is 9.15. The number of aromatic nitrogens is 2. The lowest BCUT2D eigenvalue weighted by Crippen LogP contribution is -2.23. The summed E-state index contributed by atoms with van der Waals surface area (Å²) in [4.78, 5) is 0.282. The van der Waals surface area contributed by atoms with E-state index in [4.69, 9.17) is 0 Å². The van der Waals surface area contributed by atoms with Gasteiger partial charge in [-0.2, -0.15) is 5.10 Å². The van der Waals surface area contributed by atoms with Crippen molar-refractivity contribution in [3.8, 4) is 0 Å². The van der Waals surface area contributed by atoms with Gasteiger partial charge in [0.15, 0.2) is 0 Å². The van der Waals surface area contributed by atoms with Crippen LogP contribution >= 0.6 is 0 Å². The number of nitrogens with zero attached hydrogens (tertiary/aromatic N) is 1. The number of H-pyrrole nitrogens is 1. The topological polar surface area (TPSA) is 86.9 Å². The van der Waals surface area contributed by atoms with Gasteiger partial charge in [0.2, 0.25) is 10.0 Å². The Morgan fingerprint density at radius 2 is 2.26 bits per heavy atom. The second-order valence-corrected chi connectivity index (χ2v) is 6.19. The van der Waals surface area contributed by atoms with E-state index in [1.807, 2.05) is 6.07 Å². The summed E-state index contributed by atoms with van der Waals surface area (Å²) in [5.41, 5.74) is 2.86. The number of nitrogens with one attached hydrogen (secondary N) is 3. The molecule has 3 rings (SSSR count). The smallest absolute Gasteiger partial charge is 0.240 e. The Balaban J connectivity index is 1.80. The molecular weight excluding hydrogens is 264 g/mol. The van der Waals surface area contributed by atoms with Crippen molar-refractivity contribution in [1.29, 1.82) is 0 Å². The minimum Gasteiger partial charge on any atom is -0.384 e. The number of benzene rings is 1. The zero-order chi connectivity index (χ0) is 13.3. The van der Waals surface area contributed by atoms with Crippen LogP contribution in [0.2, 0.25) is 0 Å². The molecule has 2 heterocycles. The van der Waals surface area contributed by atoms with Crippen molar-refractivity contribution in [2.75, 3.05) is 11.9 Å². The molecule has 6 nitrogen and oxygen atoms in total. The van der Waals surface area contributed by atoms with Crippen molar-refractivity contribution < 1.29 is 8.42 Å². The van der Waals surface area contributed by atoms with Gasteiger partial charge in [0, 0.05) is 30.5 Å². The number of fused-ring (bicyclic) bond motifs is 1. The molecule has 1 aromatic heterocycles. The third kappa shape index (κ3) is 2.47. The van der Waals surface area contributed by atoms with E-state index in [1.165, 1.54) is 0 Å². The van der Waals surface area contributed by atoms with E-state index in [9.17, 15) is 8.42 Å². The van der Waals surface area contributed by atoms with Crippen LogP contribution in [0.15, 0.2) is 35.5 Å². The molecular formula is C12H14N4O2S. The molecule has 2 aromatic rings. The van der Waals surface area contributed by atoms with Crippen LogP contribution in [0.4, 0.5) is 5.69 Å². The molecule has 0 bridgehead atoms. The van der Waals surface area contributed by atoms with E-state index < -0.39 is 10.0 Å². The summed E-state index contributed by atoms with van der Waals surface area (Å²) in [6.45, 7) is 1.09.